The van der Waals surface area contributed by atoms with E-state index in [9.17, 15) is 4.79 Å². The van der Waals surface area contributed by atoms with Gasteiger partial charge in [0, 0.05) is 40.2 Å². The average molecular weight is 445 g/mol. The predicted molar refractivity (Wildman–Crippen MR) is 129 cm³/mol. The monoisotopic (exact) mass is 444 g/mol. The lowest BCUT2D eigenvalue weighted by Crippen LogP contribution is -2.41. The van der Waals surface area contributed by atoms with Crippen molar-refractivity contribution in [1.82, 2.24) is 14.8 Å². The highest BCUT2D eigenvalue weighted by Gasteiger charge is 2.37. The van der Waals surface area contributed by atoms with E-state index in [1.807, 2.05) is 48.7 Å². The molecule has 0 bridgehead atoms. The summed E-state index contributed by atoms with van der Waals surface area (Å²) in [5.74, 6) is 0. The van der Waals surface area contributed by atoms with Crippen LogP contribution in [0.1, 0.15) is 37.3 Å². The van der Waals surface area contributed by atoms with Crippen LogP contribution in [-0.2, 0) is 5.41 Å². The van der Waals surface area contributed by atoms with Crippen LogP contribution in [0.5, 0.6) is 0 Å². The largest absolute Gasteiger partial charge is 0.330 e. The van der Waals surface area contributed by atoms with Gasteiger partial charge in [-0.3, -0.25) is 9.78 Å². The maximum atomic E-state index is 12.7. The number of aromatic nitrogens is 3. The Hall–Kier alpha value is -3.02. The average Bonchev–Trinajstić information content (AvgIpc) is 2.84. The van der Waals surface area contributed by atoms with Crippen LogP contribution in [0.15, 0.2) is 77.7 Å². The van der Waals surface area contributed by atoms with Crippen molar-refractivity contribution in [1.29, 1.82) is 0 Å². The third-order valence-electron chi connectivity index (χ3n) is 6.80. The van der Waals surface area contributed by atoms with Crippen molar-refractivity contribution in [2.45, 2.75) is 37.1 Å². The van der Waals surface area contributed by atoms with Gasteiger partial charge in [0.2, 0.25) is 0 Å². The third kappa shape index (κ3) is 3.83. The molecule has 1 saturated carbocycles. The maximum absolute atomic E-state index is 12.7. The molecule has 32 heavy (non-hydrogen) atoms. The minimum Gasteiger partial charge on any atom is -0.330 e. The van der Waals surface area contributed by atoms with Crippen LogP contribution >= 0.6 is 11.6 Å². The van der Waals surface area contributed by atoms with Crippen LogP contribution in [0.4, 0.5) is 0 Å². The van der Waals surface area contributed by atoms with E-state index < -0.39 is 0 Å². The summed E-state index contributed by atoms with van der Waals surface area (Å²) >= 11 is 6.24. The molecule has 162 valence electrons. The first-order chi connectivity index (χ1) is 15.6. The fourth-order valence-electron chi connectivity index (χ4n) is 4.88. The molecule has 0 unspecified atom stereocenters. The number of fused-ring (bicyclic) bond motifs is 1. The van der Waals surface area contributed by atoms with E-state index in [0.29, 0.717) is 6.54 Å². The highest BCUT2D eigenvalue weighted by molar-refractivity contribution is 6.30. The topological polar surface area (TPSA) is 73.8 Å². The van der Waals surface area contributed by atoms with E-state index in [-0.39, 0.29) is 17.0 Å². The highest BCUT2D eigenvalue weighted by Crippen LogP contribution is 2.42. The van der Waals surface area contributed by atoms with Crippen LogP contribution in [0, 0.1) is 0 Å². The van der Waals surface area contributed by atoms with Gasteiger partial charge < -0.3 is 5.73 Å². The first kappa shape index (κ1) is 20.9. The van der Waals surface area contributed by atoms with Crippen LogP contribution in [0.25, 0.3) is 22.2 Å². The van der Waals surface area contributed by atoms with Crippen LogP contribution < -0.4 is 11.3 Å². The molecule has 1 aliphatic carbocycles. The number of halogens is 1. The Kier molecular flexibility index (Phi) is 5.53. The first-order valence-corrected chi connectivity index (χ1v) is 11.4. The van der Waals surface area contributed by atoms with Crippen LogP contribution in [0.2, 0.25) is 5.02 Å². The second kappa shape index (κ2) is 8.49. The molecule has 4 aromatic rings. The normalized spacial score (nSPS) is 21.0. The van der Waals surface area contributed by atoms with Crippen molar-refractivity contribution in [2.24, 2.45) is 5.73 Å². The number of nitrogens with zero attached hydrogens (tertiary/aromatic N) is 3. The molecule has 0 amide bonds. The molecule has 2 heterocycles. The quantitative estimate of drug-likeness (QED) is 0.474. The standard InChI is InChI=1S/C26H25ClN4O/c27-21-6-3-5-20(15-21)26(17-28)12-10-22(11-13-26)31-25(32)9-8-24(30-31)19-14-18-4-1-2-7-23(18)29-16-19/h1-9,14-16,22H,10-13,17,28H2/t22-,26+. The Balaban J connectivity index is 1.43. The molecule has 2 aromatic carbocycles. The molecule has 1 aliphatic rings. The second-order valence-corrected chi connectivity index (χ2v) is 9.08. The van der Waals surface area contributed by atoms with Gasteiger partial charge >= 0.3 is 0 Å². The number of benzene rings is 2. The summed E-state index contributed by atoms with van der Waals surface area (Å²) in [6.07, 6.45) is 5.29. The van der Waals surface area contributed by atoms with E-state index in [1.165, 1.54) is 5.56 Å². The molecular weight excluding hydrogens is 420 g/mol. The summed E-state index contributed by atoms with van der Waals surface area (Å²) in [6.45, 7) is 0.561. The smallest absolute Gasteiger partial charge is 0.267 e. The lowest BCUT2D eigenvalue weighted by atomic mass is 9.68. The van der Waals surface area contributed by atoms with Crippen LogP contribution in [-0.4, -0.2) is 21.3 Å². The van der Waals surface area contributed by atoms with Gasteiger partial charge in [-0.15, -0.1) is 0 Å². The molecule has 0 radical (unpaired) electrons. The minimum absolute atomic E-state index is 0.0507. The SMILES string of the molecule is NC[C@]1(c2cccc(Cl)c2)CC[C@@H](n2nc(-c3cnc4ccccc4c3)ccc2=O)CC1. The molecule has 6 heteroatoms. The van der Waals surface area contributed by atoms with E-state index >= 15 is 0 Å². The van der Waals surface area contributed by atoms with Gasteiger partial charge in [0.05, 0.1) is 17.3 Å². The van der Waals surface area contributed by atoms with E-state index in [1.54, 1.807) is 16.8 Å². The van der Waals surface area contributed by atoms with Gasteiger partial charge in [-0.05, 0) is 61.6 Å². The Morgan fingerprint density at radius 3 is 2.62 bits per heavy atom. The van der Waals surface area contributed by atoms with Crippen molar-refractivity contribution in [2.75, 3.05) is 6.54 Å². The van der Waals surface area contributed by atoms with E-state index in [2.05, 4.69) is 17.1 Å². The van der Waals surface area contributed by atoms with Gasteiger partial charge in [-0.25, -0.2) is 4.68 Å². The number of pyridine rings is 1. The molecule has 2 N–H and O–H groups in total. The lowest BCUT2D eigenvalue weighted by molar-refractivity contribution is 0.222. The van der Waals surface area contributed by atoms with E-state index in [4.69, 9.17) is 22.4 Å². The lowest BCUT2D eigenvalue weighted by Gasteiger charge is -2.40. The highest BCUT2D eigenvalue weighted by atomic mass is 35.5. The summed E-state index contributed by atoms with van der Waals surface area (Å²) in [5, 5.41) is 6.53. The van der Waals surface area contributed by atoms with Crippen molar-refractivity contribution in [3.63, 3.8) is 0 Å². The summed E-state index contributed by atoms with van der Waals surface area (Å²) in [6, 6.07) is 21.5. The number of para-hydroxylation sites is 1. The zero-order valence-electron chi connectivity index (χ0n) is 17.7. The molecule has 0 saturated heterocycles. The molecule has 0 spiro atoms. The summed E-state index contributed by atoms with van der Waals surface area (Å²) in [7, 11) is 0. The van der Waals surface area contributed by atoms with Gasteiger partial charge in [0.25, 0.3) is 5.56 Å². The second-order valence-electron chi connectivity index (χ2n) is 8.64. The Bertz CT molecular complexity index is 1320. The molecule has 5 rings (SSSR count). The summed E-state index contributed by atoms with van der Waals surface area (Å²) in [5.41, 5.74) is 9.85. The number of rotatable bonds is 4. The molecule has 2 aromatic heterocycles. The van der Waals surface area contributed by atoms with Crippen molar-refractivity contribution >= 4 is 22.5 Å². The Morgan fingerprint density at radius 1 is 1.03 bits per heavy atom. The Morgan fingerprint density at radius 2 is 1.84 bits per heavy atom. The maximum Gasteiger partial charge on any atom is 0.267 e. The first-order valence-electron chi connectivity index (χ1n) is 11.0. The fraction of sp³-hybridized carbons (Fsp3) is 0.269. The summed E-state index contributed by atoms with van der Waals surface area (Å²) in [4.78, 5) is 17.2. The zero-order chi connectivity index (χ0) is 22.1. The number of hydrogen-bond donors (Lipinski definition) is 1. The predicted octanol–water partition coefficient (Wildman–Crippen LogP) is 5.12. The van der Waals surface area contributed by atoms with Gasteiger partial charge in [-0.1, -0.05) is 41.9 Å². The Labute approximate surface area is 191 Å². The molecule has 5 nitrogen and oxygen atoms in total. The van der Waals surface area contributed by atoms with Crippen LogP contribution in [0.3, 0.4) is 0 Å². The molecular formula is C26H25ClN4O. The number of hydrogen-bond acceptors (Lipinski definition) is 4. The van der Waals surface area contributed by atoms with Gasteiger partial charge in [0.1, 0.15) is 0 Å². The fourth-order valence-corrected chi connectivity index (χ4v) is 5.07. The van der Waals surface area contributed by atoms with Crippen molar-refractivity contribution in [3.8, 4) is 11.3 Å². The zero-order valence-corrected chi connectivity index (χ0v) is 18.5. The van der Waals surface area contributed by atoms with Gasteiger partial charge in [0.15, 0.2) is 0 Å². The molecule has 0 aliphatic heterocycles. The van der Waals surface area contributed by atoms with Gasteiger partial charge in [-0.2, -0.15) is 5.10 Å². The van der Waals surface area contributed by atoms with Crippen molar-refractivity contribution in [3.05, 3.63) is 93.9 Å². The third-order valence-corrected chi connectivity index (χ3v) is 7.03. The number of nitrogens with two attached hydrogens (primary N) is 1. The summed E-state index contributed by atoms with van der Waals surface area (Å²) < 4.78 is 1.66. The minimum atomic E-state index is -0.106. The van der Waals surface area contributed by atoms with Crippen molar-refractivity contribution < 1.29 is 0 Å². The molecule has 1 fully saturated rings. The van der Waals surface area contributed by atoms with E-state index in [0.717, 1.165) is 52.9 Å². The molecule has 0 atom stereocenters.